The lowest BCUT2D eigenvalue weighted by Crippen LogP contribution is -2.42. The van der Waals surface area contributed by atoms with Crippen LogP contribution in [0.3, 0.4) is 0 Å². The Kier molecular flexibility index (Phi) is 7.36. The van der Waals surface area contributed by atoms with Gasteiger partial charge in [-0.3, -0.25) is 0 Å². The third kappa shape index (κ3) is 5.77. The molecule has 1 unspecified atom stereocenters. The molecule has 0 amide bonds. The highest BCUT2D eigenvalue weighted by Gasteiger charge is 2.21. The molecule has 1 aromatic carbocycles. The first-order valence-corrected chi connectivity index (χ1v) is 7.92. The van der Waals surface area contributed by atoms with E-state index in [1.165, 1.54) is 11.1 Å². The van der Waals surface area contributed by atoms with Gasteiger partial charge in [0.15, 0.2) is 6.29 Å². The van der Waals surface area contributed by atoms with E-state index in [4.69, 9.17) is 9.47 Å². The van der Waals surface area contributed by atoms with E-state index in [2.05, 4.69) is 50.4 Å². The van der Waals surface area contributed by atoms with E-state index in [-0.39, 0.29) is 17.7 Å². The summed E-state index contributed by atoms with van der Waals surface area (Å²) in [5, 5.41) is 3.32. The summed E-state index contributed by atoms with van der Waals surface area (Å²) in [6.07, 6.45) is 0.693. The van der Waals surface area contributed by atoms with Gasteiger partial charge in [0.1, 0.15) is 0 Å². The van der Waals surface area contributed by atoms with Gasteiger partial charge in [0.25, 0.3) is 0 Å². The molecule has 0 saturated carbocycles. The van der Waals surface area contributed by atoms with Crippen LogP contribution < -0.4 is 5.32 Å². The van der Waals surface area contributed by atoms with E-state index >= 15 is 0 Å². The molecular weight excluding hydrogens is 262 g/mol. The lowest BCUT2D eigenvalue weighted by Gasteiger charge is -2.27. The van der Waals surface area contributed by atoms with Gasteiger partial charge in [0.05, 0.1) is 6.04 Å². The fourth-order valence-electron chi connectivity index (χ4n) is 2.34. The molecule has 3 heteroatoms. The highest BCUT2D eigenvalue weighted by molar-refractivity contribution is 5.28. The monoisotopic (exact) mass is 293 g/mol. The summed E-state index contributed by atoms with van der Waals surface area (Å²) in [6, 6.07) is 9.02. The number of hydrogen-bond donors (Lipinski definition) is 1. The molecular formula is C18H31NO2. The molecule has 1 atom stereocenters. The van der Waals surface area contributed by atoms with Crippen molar-refractivity contribution in [3.05, 3.63) is 35.4 Å². The van der Waals surface area contributed by atoms with Crippen LogP contribution in [0.2, 0.25) is 0 Å². The Morgan fingerprint density at radius 1 is 1.00 bits per heavy atom. The second kappa shape index (κ2) is 8.52. The van der Waals surface area contributed by atoms with Gasteiger partial charge in [-0.2, -0.15) is 0 Å². The zero-order chi connectivity index (χ0) is 15.9. The number of hydrogen-bond acceptors (Lipinski definition) is 3. The molecule has 0 aliphatic rings. The van der Waals surface area contributed by atoms with Crippen molar-refractivity contribution in [3.63, 3.8) is 0 Å². The highest BCUT2D eigenvalue weighted by atomic mass is 16.7. The molecule has 0 fully saturated rings. The Balaban J connectivity index is 2.76. The molecule has 0 aliphatic carbocycles. The van der Waals surface area contributed by atoms with Gasteiger partial charge < -0.3 is 14.8 Å². The summed E-state index contributed by atoms with van der Waals surface area (Å²) in [4.78, 5) is 0. The molecule has 1 aromatic rings. The standard InChI is InChI=1S/C18H31NO2/c1-7-20-17(21-8-2)16(19-6)13-14-9-11-15(12-10-14)18(3,4)5/h9-12,16-17,19H,7-8,13H2,1-6H3. The summed E-state index contributed by atoms with van der Waals surface area (Å²) < 4.78 is 11.4. The van der Waals surface area contributed by atoms with Crippen LogP contribution in [-0.4, -0.2) is 32.6 Å². The molecule has 1 N–H and O–H groups in total. The molecule has 3 nitrogen and oxygen atoms in total. The predicted octanol–water partition coefficient (Wildman–Crippen LogP) is 3.51. The fourth-order valence-corrected chi connectivity index (χ4v) is 2.34. The maximum atomic E-state index is 5.70. The van der Waals surface area contributed by atoms with Crippen LogP contribution in [0.1, 0.15) is 45.7 Å². The summed E-state index contributed by atoms with van der Waals surface area (Å²) in [5.41, 5.74) is 2.85. The first kappa shape index (κ1) is 18.1. The average Bonchev–Trinajstić information content (AvgIpc) is 2.44. The molecule has 0 aliphatic heterocycles. The largest absolute Gasteiger partial charge is 0.351 e. The van der Waals surface area contributed by atoms with Crippen molar-refractivity contribution in [1.82, 2.24) is 5.32 Å². The molecule has 21 heavy (non-hydrogen) atoms. The van der Waals surface area contributed by atoms with Crippen LogP contribution in [0.15, 0.2) is 24.3 Å². The minimum Gasteiger partial charge on any atom is -0.351 e. The second-order valence-corrected chi connectivity index (χ2v) is 6.33. The maximum absolute atomic E-state index is 5.70. The highest BCUT2D eigenvalue weighted by Crippen LogP contribution is 2.22. The topological polar surface area (TPSA) is 30.5 Å². The zero-order valence-corrected chi connectivity index (χ0v) is 14.4. The number of likely N-dealkylation sites (N-methyl/N-ethyl adjacent to an activating group) is 1. The number of ether oxygens (including phenoxy) is 2. The molecule has 0 heterocycles. The van der Waals surface area contributed by atoms with Crippen LogP contribution >= 0.6 is 0 Å². The van der Waals surface area contributed by atoms with Gasteiger partial charge in [-0.1, -0.05) is 45.0 Å². The SMILES string of the molecule is CCOC(OCC)C(Cc1ccc(C(C)(C)C)cc1)NC. The quantitative estimate of drug-likeness (QED) is 0.744. The third-order valence-corrected chi connectivity index (χ3v) is 3.64. The fraction of sp³-hybridized carbons (Fsp3) is 0.667. The van der Waals surface area contributed by atoms with Crippen LogP contribution in [0.5, 0.6) is 0 Å². The third-order valence-electron chi connectivity index (χ3n) is 3.64. The second-order valence-electron chi connectivity index (χ2n) is 6.33. The van der Waals surface area contributed by atoms with E-state index in [9.17, 15) is 0 Å². The average molecular weight is 293 g/mol. The Morgan fingerprint density at radius 3 is 1.90 bits per heavy atom. The smallest absolute Gasteiger partial charge is 0.172 e. The molecule has 1 rings (SSSR count). The number of benzene rings is 1. The minimum atomic E-state index is -0.202. The minimum absolute atomic E-state index is 0.158. The van der Waals surface area contributed by atoms with Crippen molar-refractivity contribution >= 4 is 0 Å². The molecule has 0 aromatic heterocycles. The van der Waals surface area contributed by atoms with E-state index in [0.717, 1.165) is 6.42 Å². The lowest BCUT2D eigenvalue weighted by atomic mass is 9.86. The van der Waals surface area contributed by atoms with Crippen molar-refractivity contribution in [2.24, 2.45) is 0 Å². The van der Waals surface area contributed by atoms with Crippen molar-refractivity contribution in [3.8, 4) is 0 Å². The molecule has 0 saturated heterocycles. The van der Waals surface area contributed by atoms with Crippen molar-refractivity contribution in [1.29, 1.82) is 0 Å². The van der Waals surface area contributed by atoms with E-state index in [1.54, 1.807) is 0 Å². The predicted molar refractivity (Wildman–Crippen MR) is 88.7 cm³/mol. The van der Waals surface area contributed by atoms with Gasteiger partial charge in [-0.25, -0.2) is 0 Å². The summed E-state index contributed by atoms with van der Waals surface area (Å²) >= 11 is 0. The summed E-state index contributed by atoms with van der Waals surface area (Å²) in [5.74, 6) is 0. The van der Waals surface area contributed by atoms with Gasteiger partial charge in [-0.15, -0.1) is 0 Å². The van der Waals surface area contributed by atoms with Crippen molar-refractivity contribution in [2.45, 2.75) is 58.8 Å². The van der Waals surface area contributed by atoms with E-state index in [0.29, 0.717) is 13.2 Å². The first-order valence-electron chi connectivity index (χ1n) is 7.92. The Labute approximate surface area is 130 Å². The molecule has 0 spiro atoms. The Bertz CT molecular complexity index is 389. The van der Waals surface area contributed by atoms with Crippen LogP contribution in [-0.2, 0) is 21.3 Å². The van der Waals surface area contributed by atoms with E-state index in [1.807, 2.05) is 20.9 Å². The Hall–Kier alpha value is -0.900. The van der Waals surface area contributed by atoms with Gasteiger partial charge in [-0.05, 0) is 43.9 Å². The summed E-state index contributed by atoms with van der Waals surface area (Å²) in [7, 11) is 1.96. The van der Waals surface area contributed by atoms with Gasteiger partial charge in [0.2, 0.25) is 0 Å². The van der Waals surface area contributed by atoms with Gasteiger partial charge in [0, 0.05) is 13.2 Å². The zero-order valence-electron chi connectivity index (χ0n) is 14.4. The van der Waals surface area contributed by atoms with E-state index < -0.39 is 0 Å². The Morgan fingerprint density at radius 2 is 1.52 bits per heavy atom. The lowest BCUT2D eigenvalue weighted by molar-refractivity contribution is -0.152. The normalized spacial score (nSPS) is 13.7. The van der Waals surface area contributed by atoms with Crippen LogP contribution in [0, 0.1) is 0 Å². The maximum Gasteiger partial charge on any atom is 0.172 e. The number of rotatable bonds is 8. The van der Waals surface area contributed by atoms with Crippen LogP contribution in [0.25, 0.3) is 0 Å². The molecule has 0 radical (unpaired) electrons. The molecule has 120 valence electrons. The van der Waals surface area contributed by atoms with Gasteiger partial charge >= 0.3 is 0 Å². The number of nitrogens with one attached hydrogen (secondary N) is 1. The van der Waals surface area contributed by atoms with Crippen LogP contribution in [0.4, 0.5) is 0 Å². The van der Waals surface area contributed by atoms with Crippen molar-refractivity contribution < 1.29 is 9.47 Å². The molecule has 0 bridgehead atoms. The first-order chi connectivity index (χ1) is 9.92. The summed E-state index contributed by atoms with van der Waals surface area (Å²) in [6.45, 7) is 12.0. The van der Waals surface area contributed by atoms with Crippen molar-refractivity contribution in [2.75, 3.05) is 20.3 Å².